The fourth-order valence-electron chi connectivity index (χ4n) is 8.47. The van der Waals surface area contributed by atoms with Crippen molar-refractivity contribution in [2.24, 2.45) is 11.8 Å². The van der Waals surface area contributed by atoms with E-state index < -0.39 is 18.2 Å². The van der Waals surface area contributed by atoms with Crippen LogP contribution in [0.3, 0.4) is 0 Å². The van der Waals surface area contributed by atoms with Crippen LogP contribution in [0.2, 0.25) is 0 Å². The van der Waals surface area contributed by atoms with Crippen molar-refractivity contribution >= 4 is 34.8 Å². The van der Waals surface area contributed by atoms with Crippen LogP contribution in [0, 0.1) is 11.8 Å². The molecule has 0 radical (unpaired) electrons. The number of amides is 4. The quantitative estimate of drug-likeness (QED) is 0.102. The monoisotopic (exact) mass is 802 g/mol. The number of alkyl carbamates (subject to hydrolysis) is 1. The van der Waals surface area contributed by atoms with E-state index in [1.165, 1.54) is 19.2 Å². The summed E-state index contributed by atoms with van der Waals surface area (Å²) in [6.07, 6.45) is 7.49. The lowest BCUT2D eigenvalue weighted by molar-refractivity contribution is -0.142. The lowest BCUT2D eigenvalue weighted by atomic mass is 9.78. The van der Waals surface area contributed by atoms with Crippen molar-refractivity contribution < 1.29 is 28.7 Å². The zero-order valence-corrected chi connectivity index (χ0v) is 34.6. The number of fused-ring (bicyclic) bond motifs is 1. The average molecular weight is 803 g/mol. The van der Waals surface area contributed by atoms with Gasteiger partial charge >= 0.3 is 12.2 Å². The number of likely N-dealkylation sites (tertiary alicyclic amines) is 1. The number of rotatable bonds is 10. The maximum Gasteiger partial charge on any atom is 0.425 e. The fraction of sp³-hybridized carbons (Fsp3) is 0.422. The van der Waals surface area contributed by atoms with Gasteiger partial charge in [0.25, 0.3) is 0 Å². The molecule has 1 saturated heterocycles. The fourth-order valence-corrected chi connectivity index (χ4v) is 8.47. The molecule has 1 saturated carbocycles. The number of aromatic amines is 2. The third kappa shape index (κ3) is 8.81. The number of hydrazine groups is 1. The highest BCUT2D eigenvalue weighted by molar-refractivity contribution is 5.91. The molecule has 14 nitrogen and oxygen atoms in total. The molecule has 1 aliphatic carbocycles. The van der Waals surface area contributed by atoms with E-state index in [2.05, 4.69) is 81.4 Å². The summed E-state index contributed by atoms with van der Waals surface area (Å²) < 4.78 is 9.53. The molecule has 2 fully saturated rings. The summed E-state index contributed by atoms with van der Waals surface area (Å²) >= 11 is 0. The Morgan fingerprint density at radius 2 is 1.32 bits per heavy atom. The minimum Gasteiger partial charge on any atom is -0.453 e. The SMILES string of the molecule is COC(=O)NC(C(=O)N1CCC[C@H]1c1ncc(-c2ccc(-c3ccc4cc(-c5cnc([C@H]6CCCC[C@H]6C(=O)N(NC(=O)OC)C(C)C)[nH]5)ccc4c3)cc2)[nH]1)C(C)C. The van der Waals surface area contributed by atoms with Crippen molar-refractivity contribution in [1.82, 2.24) is 40.6 Å². The maximum absolute atomic E-state index is 13.7. The first-order valence-electron chi connectivity index (χ1n) is 20.5. The number of benzene rings is 3. The number of carbonyl (C=O) groups is 4. The van der Waals surface area contributed by atoms with E-state index in [9.17, 15) is 19.2 Å². The van der Waals surface area contributed by atoms with Gasteiger partial charge in [-0.05, 0) is 85.0 Å². The Hall–Kier alpha value is -6.18. The molecule has 14 heteroatoms. The Morgan fingerprint density at radius 1 is 0.729 bits per heavy atom. The van der Waals surface area contributed by atoms with Crippen LogP contribution in [0.1, 0.15) is 89.8 Å². The lowest BCUT2D eigenvalue weighted by Crippen LogP contribution is -2.53. The Labute approximate surface area is 344 Å². The van der Waals surface area contributed by atoms with Crippen LogP contribution in [-0.4, -0.2) is 86.7 Å². The number of methoxy groups -OCH3 is 2. The van der Waals surface area contributed by atoms with E-state index in [0.29, 0.717) is 6.54 Å². The second-order valence-corrected chi connectivity index (χ2v) is 16.2. The number of nitrogens with one attached hydrogen (secondary N) is 4. The van der Waals surface area contributed by atoms with E-state index in [0.717, 1.165) is 94.6 Å². The standard InChI is InChI=1S/C45H54N8O6/c1-26(2)39(50-44(56)58-5)43(55)52-21-9-12-38(52)41-47-24-36(49-41)29-15-13-28(14-16-29)30-17-18-32-23-33(20-19-31(32)22-30)37-25-46-40(48-37)34-10-7-8-11-35(34)42(54)53(27(3)4)51-45(57)59-6/h13-20,22-27,34-35,38-39H,7-12,21H2,1-6H3,(H,46,48)(H,47,49)(H,50,56)(H,51,57)/t34-,35+,38-,39?/m0/s1. The number of carbonyl (C=O) groups excluding carboxylic acids is 4. The number of aromatic nitrogens is 4. The predicted molar refractivity (Wildman–Crippen MR) is 225 cm³/mol. The number of imidazole rings is 2. The molecule has 0 spiro atoms. The molecular formula is C45H54N8O6. The molecule has 1 aliphatic heterocycles. The van der Waals surface area contributed by atoms with Crippen LogP contribution >= 0.6 is 0 Å². The number of hydrogen-bond acceptors (Lipinski definition) is 8. The van der Waals surface area contributed by atoms with Crippen molar-refractivity contribution in [3.8, 4) is 33.6 Å². The Morgan fingerprint density at radius 3 is 2.00 bits per heavy atom. The van der Waals surface area contributed by atoms with Crippen LogP contribution in [0.15, 0.2) is 73.1 Å². The Kier molecular flexibility index (Phi) is 12.3. The second-order valence-electron chi connectivity index (χ2n) is 16.2. The van der Waals surface area contributed by atoms with Crippen molar-refractivity contribution in [2.45, 2.75) is 90.3 Å². The van der Waals surface area contributed by atoms with Gasteiger partial charge in [-0.3, -0.25) is 9.59 Å². The van der Waals surface area contributed by atoms with E-state index >= 15 is 0 Å². The summed E-state index contributed by atoms with van der Waals surface area (Å²) in [6.45, 7) is 8.13. The molecule has 3 heterocycles. The minimum absolute atomic E-state index is 0.0930. The van der Waals surface area contributed by atoms with Gasteiger partial charge in [-0.2, -0.15) is 0 Å². The Balaban J connectivity index is 1.03. The summed E-state index contributed by atoms with van der Waals surface area (Å²) in [5, 5.41) is 6.28. The van der Waals surface area contributed by atoms with Crippen LogP contribution in [0.5, 0.6) is 0 Å². The second kappa shape index (κ2) is 17.8. The van der Waals surface area contributed by atoms with Crippen molar-refractivity contribution in [3.63, 3.8) is 0 Å². The zero-order valence-electron chi connectivity index (χ0n) is 34.6. The normalized spacial score (nSPS) is 18.5. The average Bonchev–Trinajstić information content (AvgIpc) is 4.06. The molecular weight excluding hydrogens is 749 g/mol. The van der Waals surface area contributed by atoms with Gasteiger partial charge in [-0.15, -0.1) is 0 Å². The number of ether oxygens (including phenoxy) is 2. The number of H-pyrrole nitrogens is 2. The van der Waals surface area contributed by atoms with E-state index in [1.807, 2.05) is 45.0 Å². The van der Waals surface area contributed by atoms with Gasteiger partial charge in [0.15, 0.2) is 0 Å². The maximum atomic E-state index is 13.7. The molecule has 2 aromatic heterocycles. The highest BCUT2D eigenvalue weighted by Crippen LogP contribution is 2.39. The molecule has 59 heavy (non-hydrogen) atoms. The predicted octanol–water partition coefficient (Wildman–Crippen LogP) is 8.11. The minimum atomic E-state index is -0.687. The van der Waals surface area contributed by atoms with Gasteiger partial charge in [-0.1, -0.05) is 75.2 Å². The van der Waals surface area contributed by atoms with Crippen LogP contribution in [0.4, 0.5) is 9.59 Å². The van der Waals surface area contributed by atoms with Crippen molar-refractivity contribution in [2.75, 3.05) is 20.8 Å². The first-order valence-corrected chi connectivity index (χ1v) is 20.5. The van der Waals surface area contributed by atoms with Crippen LogP contribution < -0.4 is 10.7 Å². The summed E-state index contributed by atoms with van der Waals surface area (Å²) in [5.41, 5.74) is 8.51. The van der Waals surface area contributed by atoms with E-state index in [-0.39, 0.29) is 41.7 Å². The van der Waals surface area contributed by atoms with E-state index in [4.69, 9.17) is 19.4 Å². The van der Waals surface area contributed by atoms with Gasteiger partial charge in [0.1, 0.15) is 17.7 Å². The highest BCUT2D eigenvalue weighted by Gasteiger charge is 2.39. The highest BCUT2D eigenvalue weighted by atomic mass is 16.5. The molecule has 0 bridgehead atoms. The van der Waals surface area contributed by atoms with Gasteiger partial charge < -0.3 is 29.7 Å². The third-order valence-corrected chi connectivity index (χ3v) is 11.7. The molecule has 2 aliphatic rings. The summed E-state index contributed by atoms with van der Waals surface area (Å²) in [6, 6.07) is 20.0. The first-order chi connectivity index (χ1) is 28.4. The first kappa shape index (κ1) is 41.0. The van der Waals surface area contributed by atoms with Crippen LogP contribution in [0.25, 0.3) is 44.4 Å². The smallest absolute Gasteiger partial charge is 0.425 e. The number of hydrogen-bond donors (Lipinski definition) is 4. The topological polar surface area (TPSA) is 175 Å². The molecule has 7 rings (SSSR count). The van der Waals surface area contributed by atoms with Gasteiger partial charge in [0.05, 0.1) is 44.0 Å². The van der Waals surface area contributed by atoms with E-state index in [1.54, 1.807) is 0 Å². The largest absolute Gasteiger partial charge is 0.453 e. The van der Waals surface area contributed by atoms with Crippen molar-refractivity contribution in [3.05, 3.63) is 84.7 Å². The summed E-state index contributed by atoms with van der Waals surface area (Å²) in [7, 11) is 2.58. The Bertz CT molecular complexity index is 2300. The lowest BCUT2D eigenvalue weighted by Gasteiger charge is -2.35. The van der Waals surface area contributed by atoms with Crippen LogP contribution in [-0.2, 0) is 19.1 Å². The summed E-state index contributed by atoms with van der Waals surface area (Å²) in [5.74, 6) is 0.732. The van der Waals surface area contributed by atoms with Crippen molar-refractivity contribution in [1.29, 1.82) is 0 Å². The molecule has 5 aromatic rings. The zero-order chi connectivity index (χ0) is 41.8. The van der Waals surface area contributed by atoms with Gasteiger partial charge in [0.2, 0.25) is 11.8 Å². The molecule has 4 amide bonds. The molecule has 4 atom stereocenters. The summed E-state index contributed by atoms with van der Waals surface area (Å²) in [4.78, 5) is 69.5. The molecule has 4 N–H and O–H groups in total. The third-order valence-electron chi connectivity index (χ3n) is 11.7. The molecule has 310 valence electrons. The molecule has 3 aromatic carbocycles. The molecule has 1 unspecified atom stereocenters. The number of nitrogens with zero attached hydrogens (tertiary/aromatic N) is 4. The van der Waals surface area contributed by atoms with Gasteiger partial charge in [-0.25, -0.2) is 30.0 Å². The van der Waals surface area contributed by atoms with Gasteiger partial charge in [0, 0.05) is 30.0 Å².